The predicted octanol–water partition coefficient (Wildman–Crippen LogP) is 1.96. The van der Waals surface area contributed by atoms with Crippen LogP contribution in [0.25, 0.3) is 11.1 Å². The molecule has 0 radical (unpaired) electrons. The highest BCUT2D eigenvalue weighted by Gasteiger charge is 2.31. The van der Waals surface area contributed by atoms with Crippen LogP contribution in [-0.4, -0.2) is 104 Å². The SMILES string of the molecule is CN1CCN(c2cc(-c3ccc(C(=O)N4CCN(C(=O)[C@@H]5CCCO5)CC4)cc3)ccn2)CC1. The van der Waals surface area contributed by atoms with E-state index in [1.165, 1.54) is 0 Å². The van der Waals surface area contributed by atoms with Crippen LogP contribution in [0.5, 0.6) is 0 Å². The van der Waals surface area contributed by atoms with Gasteiger partial charge < -0.3 is 24.3 Å². The maximum Gasteiger partial charge on any atom is 0.253 e. The Morgan fingerprint density at radius 3 is 2.26 bits per heavy atom. The highest BCUT2D eigenvalue weighted by atomic mass is 16.5. The van der Waals surface area contributed by atoms with Gasteiger partial charge >= 0.3 is 0 Å². The molecule has 0 N–H and O–H groups in total. The number of rotatable bonds is 4. The lowest BCUT2D eigenvalue weighted by molar-refractivity contribution is -0.142. The van der Waals surface area contributed by atoms with Crippen molar-refractivity contribution >= 4 is 17.6 Å². The number of hydrogen-bond donors (Lipinski definition) is 0. The number of aromatic nitrogens is 1. The van der Waals surface area contributed by atoms with Crippen LogP contribution >= 0.6 is 0 Å². The zero-order chi connectivity index (χ0) is 23.5. The first kappa shape index (κ1) is 22.8. The summed E-state index contributed by atoms with van der Waals surface area (Å²) in [7, 11) is 2.15. The fourth-order valence-corrected chi connectivity index (χ4v) is 4.90. The van der Waals surface area contributed by atoms with Gasteiger partial charge in [-0.2, -0.15) is 0 Å². The summed E-state index contributed by atoms with van der Waals surface area (Å²) in [6.45, 7) is 6.94. The molecule has 4 heterocycles. The van der Waals surface area contributed by atoms with E-state index in [1.807, 2.05) is 46.3 Å². The molecule has 3 aliphatic rings. The van der Waals surface area contributed by atoms with Gasteiger partial charge in [-0.3, -0.25) is 9.59 Å². The molecule has 0 bridgehead atoms. The number of benzene rings is 1. The smallest absolute Gasteiger partial charge is 0.253 e. The van der Waals surface area contributed by atoms with Gasteiger partial charge in [0, 0.05) is 70.7 Å². The molecule has 2 amide bonds. The molecule has 5 rings (SSSR count). The van der Waals surface area contributed by atoms with Crippen molar-refractivity contribution in [2.24, 2.45) is 0 Å². The summed E-state index contributed by atoms with van der Waals surface area (Å²) < 4.78 is 5.53. The van der Waals surface area contributed by atoms with E-state index in [9.17, 15) is 9.59 Å². The zero-order valence-corrected chi connectivity index (χ0v) is 19.9. The molecular weight excluding hydrogens is 430 g/mol. The van der Waals surface area contributed by atoms with Crippen LogP contribution in [0.4, 0.5) is 5.82 Å². The summed E-state index contributed by atoms with van der Waals surface area (Å²) in [6.07, 6.45) is 3.32. The minimum absolute atomic E-state index is 0.0172. The standard InChI is InChI=1S/C26H33N5O3/c1-28-10-12-29(13-11-28)24-19-22(8-9-27-24)20-4-6-21(7-5-20)25(32)30-14-16-31(17-15-30)26(33)23-3-2-18-34-23/h4-9,19,23H,2-3,10-18H2,1H3/t23-/m0/s1. The lowest BCUT2D eigenvalue weighted by Crippen LogP contribution is -2.52. The van der Waals surface area contributed by atoms with Crippen LogP contribution in [0.3, 0.4) is 0 Å². The number of carbonyl (C=O) groups is 2. The summed E-state index contributed by atoms with van der Waals surface area (Å²) in [5, 5.41) is 0. The van der Waals surface area contributed by atoms with Gasteiger partial charge in [0.05, 0.1) is 0 Å². The fourth-order valence-electron chi connectivity index (χ4n) is 4.90. The summed E-state index contributed by atoms with van der Waals surface area (Å²) in [5.74, 6) is 1.09. The van der Waals surface area contributed by atoms with Crippen LogP contribution in [0.1, 0.15) is 23.2 Å². The largest absolute Gasteiger partial charge is 0.368 e. The monoisotopic (exact) mass is 463 g/mol. The summed E-state index contributed by atoms with van der Waals surface area (Å²) in [4.78, 5) is 38.5. The number of pyridine rings is 1. The lowest BCUT2D eigenvalue weighted by Gasteiger charge is -2.35. The molecule has 0 unspecified atom stereocenters. The van der Waals surface area contributed by atoms with Gasteiger partial charge in [0.1, 0.15) is 11.9 Å². The molecule has 34 heavy (non-hydrogen) atoms. The van der Waals surface area contributed by atoms with Crippen molar-refractivity contribution < 1.29 is 14.3 Å². The number of likely N-dealkylation sites (N-methyl/N-ethyl adjacent to an activating group) is 1. The number of amides is 2. The molecule has 8 heteroatoms. The van der Waals surface area contributed by atoms with E-state index >= 15 is 0 Å². The van der Waals surface area contributed by atoms with Gasteiger partial charge in [-0.15, -0.1) is 0 Å². The molecule has 0 saturated carbocycles. The quantitative estimate of drug-likeness (QED) is 0.691. The second-order valence-electron chi connectivity index (χ2n) is 9.39. The van der Waals surface area contributed by atoms with E-state index < -0.39 is 0 Å². The first-order valence-electron chi connectivity index (χ1n) is 12.3. The van der Waals surface area contributed by atoms with Crippen molar-refractivity contribution in [3.05, 3.63) is 48.2 Å². The Hall–Kier alpha value is -2.97. The average molecular weight is 464 g/mol. The van der Waals surface area contributed by atoms with Gasteiger partial charge in [-0.05, 0) is 55.3 Å². The van der Waals surface area contributed by atoms with Crippen molar-refractivity contribution in [3.63, 3.8) is 0 Å². The van der Waals surface area contributed by atoms with Crippen molar-refractivity contribution in [1.29, 1.82) is 0 Å². The van der Waals surface area contributed by atoms with Gasteiger partial charge in [-0.25, -0.2) is 4.98 Å². The lowest BCUT2D eigenvalue weighted by atomic mass is 10.0. The van der Waals surface area contributed by atoms with Crippen molar-refractivity contribution in [2.45, 2.75) is 18.9 Å². The van der Waals surface area contributed by atoms with Crippen LogP contribution in [0.2, 0.25) is 0 Å². The third-order valence-electron chi connectivity index (χ3n) is 7.12. The van der Waals surface area contributed by atoms with Gasteiger partial charge in [-0.1, -0.05) is 12.1 Å². The van der Waals surface area contributed by atoms with Crippen molar-refractivity contribution in [1.82, 2.24) is 19.7 Å². The Kier molecular flexibility index (Phi) is 6.78. The van der Waals surface area contributed by atoms with E-state index in [2.05, 4.69) is 27.9 Å². The second-order valence-corrected chi connectivity index (χ2v) is 9.39. The number of carbonyl (C=O) groups excluding carboxylic acids is 2. The Bertz CT molecular complexity index is 1010. The third-order valence-corrected chi connectivity index (χ3v) is 7.12. The van der Waals surface area contributed by atoms with Crippen molar-refractivity contribution in [2.75, 3.05) is 70.9 Å². The Labute approximate surface area is 201 Å². The average Bonchev–Trinajstić information content (AvgIpc) is 3.44. The molecular formula is C26H33N5O3. The molecule has 3 aliphatic heterocycles. The zero-order valence-electron chi connectivity index (χ0n) is 19.9. The normalized spacial score (nSPS) is 21.7. The maximum absolute atomic E-state index is 13.0. The molecule has 2 aromatic rings. The summed E-state index contributed by atoms with van der Waals surface area (Å²) in [5.41, 5.74) is 2.85. The third kappa shape index (κ3) is 4.93. The molecule has 0 spiro atoms. The topological polar surface area (TPSA) is 69.2 Å². The first-order chi connectivity index (χ1) is 16.6. The molecule has 180 valence electrons. The number of anilines is 1. The number of nitrogens with zero attached hydrogens (tertiary/aromatic N) is 5. The van der Waals surface area contributed by atoms with Crippen LogP contribution in [0.15, 0.2) is 42.6 Å². The minimum atomic E-state index is -0.292. The molecule has 8 nitrogen and oxygen atoms in total. The molecule has 1 atom stereocenters. The van der Waals surface area contributed by atoms with E-state index in [1.54, 1.807) is 0 Å². The fraction of sp³-hybridized carbons (Fsp3) is 0.500. The molecule has 1 aromatic carbocycles. The van der Waals surface area contributed by atoms with E-state index in [0.29, 0.717) is 38.3 Å². The number of ether oxygens (including phenoxy) is 1. The van der Waals surface area contributed by atoms with Gasteiger partial charge in [0.15, 0.2) is 0 Å². The second kappa shape index (κ2) is 10.1. The highest BCUT2D eigenvalue weighted by molar-refractivity contribution is 5.95. The Morgan fingerprint density at radius 1 is 0.882 bits per heavy atom. The first-order valence-corrected chi connectivity index (χ1v) is 12.3. The highest BCUT2D eigenvalue weighted by Crippen LogP contribution is 2.25. The minimum Gasteiger partial charge on any atom is -0.368 e. The van der Waals surface area contributed by atoms with Crippen molar-refractivity contribution in [3.8, 4) is 11.1 Å². The molecule has 3 saturated heterocycles. The van der Waals surface area contributed by atoms with E-state index in [4.69, 9.17) is 4.74 Å². The summed E-state index contributed by atoms with van der Waals surface area (Å²) >= 11 is 0. The maximum atomic E-state index is 13.0. The molecule has 1 aromatic heterocycles. The molecule has 3 fully saturated rings. The van der Waals surface area contributed by atoms with Crippen LogP contribution < -0.4 is 4.90 Å². The Balaban J connectivity index is 1.19. The van der Waals surface area contributed by atoms with E-state index in [0.717, 1.165) is 56.0 Å². The van der Waals surface area contributed by atoms with Crippen LogP contribution in [0, 0.1) is 0 Å². The number of piperazine rings is 2. The number of hydrogen-bond acceptors (Lipinski definition) is 6. The van der Waals surface area contributed by atoms with E-state index in [-0.39, 0.29) is 17.9 Å². The molecule has 0 aliphatic carbocycles. The van der Waals surface area contributed by atoms with Gasteiger partial charge in [0.2, 0.25) is 0 Å². The Morgan fingerprint density at radius 2 is 1.59 bits per heavy atom. The summed E-state index contributed by atoms with van der Waals surface area (Å²) in [6, 6.07) is 12.0. The van der Waals surface area contributed by atoms with Gasteiger partial charge in [0.25, 0.3) is 11.8 Å². The van der Waals surface area contributed by atoms with Crippen LogP contribution in [-0.2, 0) is 9.53 Å². The predicted molar refractivity (Wildman–Crippen MR) is 131 cm³/mol.